The van der Waals surface area contributed by atoms with Crippen molar-refractivity contribution in [3.05, 3.63) is 18.2 Å². The maximum absolute atomic E-state index is 12.1. The van der Waals surface area contributed by atoms with Crippen LogP contribution in [0.3, 0.4) is 0 Å². The van der Waals surface area contributed by atoms with E-state index in [4.69, 9.17) is 9.47 Å². The fraction of sp³-hybridized carbons (Fsp3) is 0.438. The van der Waals surface area contributed by atoms with Gasteiger partial charge in [0.05, 0.1) is 12.3 Å². The summed E-state index contributed by atoms with van der Waals surface area (Å²) in [5, 5.41) is 5.43. The average Bonchev–Trinajstić information content (AvgIpc) is 3.33. The fourth-order valence-corrected chi connectivity index (χ4v) is 2.29. The van der Waals surface area contributed by atoms with Crippen LogP contribution in [0.4, 0.5) is 11.4 Å². The lowest BCUT2D eigenvalue weighted by molar-refractivity contribution is -0.165. The SMILES string of the molecule is CCOC(=O)[C@@]1(C)Oc2cc(NC(=O)C3CC3)ccc2NC1=O. The molecule has 1 atom stereocenters. The van der Waals surface area contributed by atoms with Crippen molar-refractivity contribution in [3.8, 4) is 5.75 Å². The van der Waals surface area contributed by atoms with E-state index < -0.39 is 17.5 Å². The van der Waals surface area contributed by atoms with Gasteiger partial charge in [0, 0.05) is 17.7 Å². The number of hydrogen-bond donors (Lipinski definition) is 2. The Morgan fingerprint density at radius 2 is 2.17 bits per heavy atom. The van der Waals surface area contributed by atoms with Gasteiger partial charge in [-0.1, -0.05) is 0 Å². The molecule has 2 amide bonds. The molecule has 0 spiro atoms. The topological polar surface area (TPSA) is 93.7 Å². The van der Waals surface area contributed by atoms with Crippen molar-refractivity contribution in [1.82, 2.24) is 0 Å². The van der Waals surface area contributed by atoms with Gasteiger partial charge in [-0.3, -0.25) is 9.59 Å². The van der Waals surface area contributed by atoms with Crippen LogP contribution in [-0.4, -0.2) is 30.0 Å². The Balaban J connectivity index is 1.83. The third-order valence-corrected chi connectivity index (χ3v) is 3.86. The molecule has 1 heterocycles. The molecule has 0 aromatic heterocycles. The van der Waals surface area contributed by atoms with Crippen LogP contribution >= 0.6 is 0 Å². The van der Waals surface area contributed by atoms with Gasteiger partial charge in [0.1, 0.15) is 5.75 Å². The first-order valence-corrected chi connectivity index (χ1v) is 7.56. The first-order valence-electron chi connectivity index (χ1n) is 7.56. The van der Waals surface area contributed by atoms with E-state index in [1.54, 1.807) is 25.1 Å². The largest absolute Gasteiger partial charge is 0.464 e. The number of hydrogen-bond acceptors (Lipinski definition) is 5. The molecule has 2 N–H and O–H groups in total. The van der Waals surface area contributed by atoms with E-state index in [-0.39, 0.29) is 18.4 Å². The third kappa shape index (κ3) is 2.86. The van der Waals surface area contributed by atoms with Crippen molar-refractivity contribution in [2.75, 3.05) is 17.2 Å². The number of ether oxygens (including phenoxy) is 2. The quantitative estimate of drug-likeness (QED) is 0.651. The molecule has 1 aromatic carbocycles. The Labute approximate surface area is 133 Å². The van der Waals surface area contributed by atoms with Crippen molar-refractivity contribution in [2.45, 2.75) is 32.3 Å². The summed E-state index contributed by atoms with van der Waals surface area (Å²) in [6.07, 6.45) is 1.81. The Hall–Kier alpha value is -2.57. The van der Waals surface area contributed by atoms with Gasteiger partial charge >= 0.3 is 5.97 Å². The number of anilines is 2. The van der Waals surface area contributed by atoms with Crippen LogP contribution in [0, 0.1) is 5.92 Å². The molecule has 1 saturated carbocycles. The molecule has 1 aliphatic carbocycles. The van der Waals surface area contributed by atoms with Crippen molar-refractivity contribution < 1.29 is 23.9 Å². The van der Waals surface area contributed by atoms with Crippen LogP contribution in [0.25, 0.3) is 0 Å². The van der Waals surface area contributed by atoms with Crippen LogP contribution < -0.4 is 15.4 Å². The number of nitrogens with one attached hydrogen (secondary N) is 2. The molecule has 1 aromatic rings. The molecule has 7 nitrogen and oxygen atoms in total. The van der Waals surface area contributed by atoms with E-state index in [0.29, 0.717) is 17.1 Å². The monoisotopic (exact) mass is 318 g/mol. The second-order valence-electron chi connectivity index (χ2n) is 5.78. The highest BCUT2D eigenvalue weighted by Crippen LogP contribution is 2.37. The Bertz CT molecular complexity index is 683. The molecule has 7 heteroatoms. The van der Waals surface area contributed by atoms with Crippen LogP contribution in [-0.2, 0) is 19.1 Å². The lowest BCUT2D eigenvalue weighted by Crippen LogP contribution is -2.55. The maximum atomic E-state index is 12.1. The summed E-state index contributed by atoms with van der Waals surface area (Å²) < 4.78 is 10.5. The minimum atomic E-state index is -1.75. The van der Waals surface area contributed by atoms with Gasteiger partial charge in [-0.25, -0.2) is 4.79 Å². The molecule has 0 unspecified atom stereocenters. The van der Waals surface area contributed by atoms with E-state index >= 15 is 0 Å². The second kappa shape index (κ2) is 5.57. The number of fused-ring (bicyclic) bond motifs is 1. The Morgan fingerprint density at radius 3 is 2.83 bits per heavy atom. The molecule has 23 heavy (non-hydrogen) atoms. The molecule has 1 fully saturated rings. The summed E-state index contributed by atoms with van der Waals surface area (Å²) in [6.45, 7) is 3.16. The molecule has 0 bridgehead atoms. The summed E-state index contributed by atoms with van der Waals surface area (Å²) in [6, 6.07) is 4.89. The highest BCUT2D eigenvalue weighted by Gasteiger charge is 2.48. The minimum Gasteiger partial charge on any atom is -0.464 e. The van der Waals surface area contributed by atoms with E-state index in [1.165, 1.54) is 6.92 Å². The number of carbonyl (C=O) groups is 3. The lowest BCUT2D eigenvalue weighted by Gasteiger charge is -2.32. The van der Waals surface area contributed by atoms with E-state index in [2.05, 4.69) is 10.6 Å². The molecule has 122 valence electrons. The second-order valence-corrected chi connectivity index (χ2v) is 5.78. The first kappa shape index (κ1) is 15.3. The average molecular weight is 318 g/mol. The molecule has 0 radical (unpaired) electrons. The van der Waals surface area contributed by atoms with Crippen molar-refractivity contribution in [1.29, 1.82) is 0 Å². The Morgan fingerprint density at radius 1 is 1.43 bits per heavy atom. The van der Waals surface area contributed by atoms with Gasteiger partial charge in [-0.05, 0) is 38.8 Å². The van der Waals surface area contributed by atoms with Crippen molar-refractivity contribution in [3.63, 3.8) is 0 Å². The van der Waals surface area contributed by atoms with E-state index in [1.807, 2.05) is 0 Å². The van der Waals surface area contributed by atoms with Crippen LogP contribution in [0.15, 0.2) is 18.2 Å². The molecule has 0 saturated heterocycles. The highest BCUT2D eigenvalue weighted by atomic mass is 16.6. The van der Waals surface area contributed by atoms with E-state index in [0.717, 1.165) is 12.8 Å². The summed E-state index contributed by atoms with van der Waals surface area (Å²) >= 11 is 0. The molecule has 2 aliphatic rings. The molecule has 3 rings (SSSR count). The predicted molar refractivity (Wildman–Crippen MR) is 82.1 cm³/mol. The number of rotatable bonds is 4. The van der Waals surface area contributed by atoms with Gasteiger partial charge in [-0.2, -0.15) is 0 Å². The predicted octanol–water partition coefficient (Wildman–Crippen LogP) is 1.69. The number of carbonyl (C=O) groups excluding carboxylic acids is 3. The van der Waals surface area contributed by atoms with E-state index in [9.17, 15) is 14.4 Å². The third-order valence-electron chi connectivity index (χ3n) is 3.86. The van der Waals surface area contributed by atoms with Crippen molar-refractivity contribution >= 4 is 29.2 Å². The van der Waals surface area contributed by atoms with Gasteiger partial charge in [0.15, 0.2) is 0 Å². The zero-order valence-corrected chi connectivity index (χ0v) is 13.0. The number of benzene rings is 1. The maximum Gasteiger partial charge on any atom is 0.360 e. The lowest BCUT2D eigenvalue weighted by atomic mass is 10.0. The number of amides is 2. The molecule has 1 aliphatic heterocycles. The van der Waals surface area contributed by atoms with Gasteiger partial charge < -0.3 is 20.1 Å². The normalized spacial score (nSPS) is 22.4. The van der Waals surface area contributed by atoms with Gasteiger partial charge in [0.25, 0.3) is 11.5 Å². The van der Waals surface area contributed by atoms with Gasteiger partial charge in [0.2, 0.25) is 5.91 Å². The summed E-state index contributed by atoms with van der Waals surface area (Å²) in [4.78, 5) is 36.0. The van der Waals surface area contributed by atoms with Gasteiger partial charge in [-0.15, -0.1) is 0 Å². The first-order chi connectivity index (χ1) is 10.9. The summed E-state index contributed by atoms with van der Waals surface area (Å²) in [7, 11) is 0. The molecular weight excluding hydrogens is 300 g/mol. The smallest absolute Gasteiger partial charge is 0.360 e. The zero-order chi connectivity index (χ0) is 16.6. The van der Waals surface area contributed by atoms with Crippen LogP contribution in [0.2, 0.25) is 0 Å². The summed E-state index contributed by atoms with van der Waals surface area (Å²) in [5.41, 5.74) is -0.744. The summed E-state index contributed by atoms with van der Waals surface area (Å²) in [5.74, 6) is -0.975. The minimum absolute atomic E-state index is 0.0297. The standard InChI is InChI=1S/C16H18N2O5/c1-3-22-15(21)16(2)14(20)18-11-7-6-10(8-12(11)23-16)17-13(19)9-4-5-9/h6-9H,3-5H2,1-2H3,(H,17,19)(H,18,20)/t16-/m0/s1. The zero-order valence-electron chi connectivity index (χ0n) is 13.0. The molecular formula is C16H18N2O5. The fourth-order valence-electron chi connectivity index (χ4n) is 2.29. The van der Waals surface area contributed by atoms with Crippen LogP contribution in [0.1, 0.15) is 26.7 Å². The van der Waals surface area contributed by atoms with Crippen LogP contribution in [0.5, 0.6) is 5.75 Å². The Kier molecular flexibility index (Phi) is 3.71. The van der Waals surface area contributed by atoms with Crippen molar-refractivity contribution in [2.24, 2.45) is 5.92 Å². The number of esters is 1. The highest BCUT2D eigenvalue weighted by molar-refractivity contribution is 6.14.